The SMILES string of the molecule is Cc1sc2nc(-c3ccccc3Cl)n(Cc3ccccc3Cl)c(=O)c2c1C. The van der Waals surface area contributed by atoms with Gasteiger partial charge in [-0.25, -0.2) is 4.98 Å². The Bertz CT molecular complexity index is 1230. The van der Waals surface area contributed by atoms with Crippen molar-refractivity contribution in [2.75, 3.05) is 0 Å². The van der Waals surface area contributed by atoms with Gasteiger partial charge >= 0.3 is 0 Å². The maximum atomic E-state index is 13.4. The minimum Gasteiger partial charge on any atom is -0.287 e. The van der Waals surface area contributed by atoms with Crippen LogP contribution >= 0.6 is 34.5 Å². The lowest BCUT2D eigenvalue weighted by Crippen LogP contribution is -2.24. The third-order valence-electron chi connectivity index (χ3n) is 4.69. The van der Waals surface area contributed by atoms with Crippen LogP contribution in [0, 0.1) is 13.8 Å². The van der Waals surface area contributed by atoms with Gasteiger partial charge in [0.05, 0.1) is 17.0 Å². The molecule has 0 aliphatic rings. The molecule has 0 aliphatic heterocycles. The molecule has 0 amide bonds. The molecule has 0 unspecified atom stereocenters. The summed E-state index contributed by atoms with van der Waals surface area (Å²) in [5.74, 6) is 0.555. The van der Waals surface area contributed by atoms with E-state index in [4.69, 9.17) is 28.2 Å². The number of halogens is 2. The van der Waals surface area contributed by atoms with E-state index >= 15 is 0 Å². The zero-order valence-electron chi connectivity index (χ0n) is 14.8. The van der Waals surface area contributed by atoms with Gasteiger partial charge in [-0.3, -0.25) is 9.36 Å². The number of rotatable bonds is 3. The van der Waals surface area contributed by atoms with Crippen molar-refractivity contribution in [2.24, 2.45) is 0 Å². The van der Waals surface area contributed by atoms with Gasteiger partial charge in [0, 0.05) is 15.5 Å². The second-order valence-corrected chi connectivity index (χ2v) is 8.38. The molecule has 0 radical (unpaired) electrons. The van der Waals surface area contributed by atoms with Crippen LogP contribution in [0.5, 0.6) is 0 Å². The Hall–Kier alpha value is -2.14. The van der Waals surface area contributed by atoms with E-state index in [1.54, 1.807) is 10.6 Å². The van der Waals surface area contributed by atoms with Crippen molar-refractivity contribution in [2.45, 2.75) is 20.4 Å². The maximum Gasteiger partial charge on any atom is 0.263 e. The van der Waals surface area contributed by atoms with Crippen molar-refractivity contribution in [1.29, 1.82) is 0 Å². The van der Waals surface area contributed by atoms with Crippen LogP contribution in [0.15, 0.2) is 53.3 Å². The minimum absolute atomic E-state index is 0.0725. The van der Waals surface area contributed by atoms with Crippen molar-refractivity contribution in [3.63, 3.8) is 0 Å². The Labute approximate surface area is 170 Å². The summed E-state index contributed by atoms with van der Waals surface area (Å²) in [6.45, 7) is 4.30. The number of aromatic nitrogens is 2. The molecule has 0 saturated carbocycles. The Morgan fingerprint density at radius 2 is 1.67 bits per heavy atom. The summed E-state index contributed by atoms with van der Waals surface area (Å²) in [6.07, 6.45) is 0. The highest BCUT2D eigenvalue weighted by Crippen LogP contribution is 2.31. The fraction of sp³-hybridized carbons (Fsp3) is 0.143. The summed E-state index contributed by atoms with van der Waals surface area (Å²) in [5.41, 5.74) is 2.50. The van der Waals surface area contributed by atoms with Gasteiger partial charge in [0.2, 0.25) is 0 Å². The number of hydrogen-bond donors (Lipinski definition) is 0. The molecule has 4 aromatic rings. The second kappa shape index (κ2) is 7.12. The van der Waals surface area contributed by atoms with Crippen LogP contribution in [0.25, 0.3) is 21.6 Å². The number of aryl methyl sites for hydroxylation is 2. The number of benzene rings is 2. The van der Waals surface area contributed by atoms with Crippen LogP contribution in [0.4, 0.5) is 0 Å². The normalized spacial score (nSPS) is 11.3. The lowest BCUT2D eigenvalue weighted by Gasteiger charge is -2.14. The summed E-state index contributed by atoms with van der Waals surface area (Å²) < 4.78 is 1.67. The van der Waals surface area contributed by atoms with Crippen LogP contribution in [-0.4, -0.2) is 9.55 Å². The molecule has 0 spiro atoms. The predicted octanol–water partition coefficient (Wildman–Crippen LogP) is 6.10. The first kappa shape index (κ1) is 18.2. The van der Waals surface area contributed by atoms with E-state index in [0.29, 0.717) is 27.8 Å². The third kappa shape index (κ3) is 3.18. The van der Waals surface area contributed by atoms with Crippen LogP contribution in [0.3, 0.4) is 0 Å². The quantitative estimate of drug-likeness (QED) is 0.405. The molecule has 0 aliphatic carbocycles. The molecule has 6 heteroatoms. The first-order chi connectivity index (χ1) is 13.0. The van der Waals surface area contributed by atoms with Gasteiger partial charge in [0.15, 0.2) is 0 Å². The van der Waals surface area contributed by atoms with Crippen LogP contribution in [-0.2, 0) is 6.54 Å². The Balaban J connectivity index is 2.05. The Morgan fingerprint density at radius 1 is 1.00 bits per heavy atom. The standard InChI is InChI=1S/C21H16Cl2N2OS/c1-12-13(2)27-20-18(12)21(26)25(11-14-7-3-5-9-16(14)22)19(24-20)15-8-4-6-10-17(15)23/h3-10H,11H2,1-2H3. The summed E-state index contributed by atoms with van der Waals surface area (Å²) in [4.78, 5) is 20.1. The molecular weight excluding hydrogens is 399 g/mol. The molecule has 0 atom stereocenters. The molecular formula is C21H16Cl2N2OS. The van der Waals surface area contributed by atoms with Gasteiger partial charge in [0.25, 0.3) is 5.56 Å². The van der Waals surface area contributed by atoms with E-state index in [1.165, 1.54) is 11.3 Å². The third-order valence-corrected chi connectivity index (χ3v) is 6.49. The van der Waals surface area contributed by atoms with E-state index in [9.17, 15) is 4.79 Å². The first-order valence-corrected chi connectivity index (χ1v) is 10.0. The number of nitrogens with zero attached hydrogens (tertiary/aromatic N) is 2. The fourth-order valence-electron chi connectivity index (χ4n) is 3.12. The highest BCUT2D eigenvalue weighted by Gasteiger charge is 2.19. The zero-order valence-corrected chi connectivity index (χ0v) is 17.1. The summed E-state index contributed by atoms with van der Waals surface area (Å²) in [6, 6.07) is 15.0. The topological polar surface area (TPSA) is 34.9 Å². The molecule has 0 fully saturated rings. The Morgan fingerprint density at radius 3 is 2.37 bits per heavy atom. The molecule has 2 heterocycles. The van der Waals surface area contributed by atoms with Gasteiger partial charge in [-0.1, -0.05) is 53.5 Å². The average Bonchev–Trinajstić information content (AvgIpc) is 2.94. The lowest BCUT2D eigenvalue weighted by molar-refractivity contribution is 0.760. The predicted molar refractivity (Wildman–Crippen MR) is 114 cm³/mol. The monoisotopic (exact) mass is 414 g/mol. The molecule has 3 nitrogen and oxygen atoms in total. The van der Waals surface area contributed by atoms with Crippen molar-refractivity contribution in [1.82, 2.24) is 9.55 Å². The molecule has 0 saturated heterocycles. The zero-order chi connectivity index (χ0) is 19.1. The summed E-state index contributed by atoms with van der Waals surface area (Å²) in [5, 5.41) is 1.84. The van der Waals surface area contributed by atoms with E-state index in [-0.39, 0.29) is 5.56 Å². The van der Waals surface area contributed by atoms with Crippen molar-refractivity contribution < 1.29 is 0 Å². The summed E-state index contributed by atoms with van der Waals surface area (Å²) >= 11 is 14.3. The second-order valence-electron chi connectivity index (χ2n) is 6.36. The highest BCUT2D eigenvalue weighted by molar-refractivity contribution is 7.18. The average molecular weight is 415 g/mol. The van der Waals surface area contributed by atoms with Crippen LogP contribution in [0.1, 0.15) is 16.0 Å². The van der Waals surface area contributed by atoms with Crippen LogP contribution < -0.4 is 5.56 Å². The van der Waals surface area contributed by atoms with E-state index in [2.05, 4.69) is 0 Å². The number of fused-ring (bicyclic) bond motifs is 1. The lowest BCUT2D eigenvalue weighted by atomic mass is 10.1. The molecule has 27 heavy (non-hydrogen) atoms. The fourth-order valence-corrected chi connectivity index (χ4v) is 4.55. The number of thiophene rings is 1. The van der Waals surface area contributed by atoms with Gasteiger partial charge < -0.3 is 0 Å². The summed E-state index contributed by atoms with van der Waals surface area (Å²) in [7, 11) is 0. The van der Waals surface area contributed by atoms with E-state index in [0.717, 1.165) is 26.4 Å². The van der Waals surface area contributed by atoms with Gasteiger partial charge in [0.1, 0.15) is 10.7 Å². The first-order valence-electron chi connectivity index (χ1n) is 8.46. The molecule has 0 N–H and O–H groups in total. The smallest absolute Gasteiger partial charge is 0.263 e. The molecule has 136 valence electrons. The molecule has 0 bridgehead atoms. The van der Waals surface area contributed by atoms with Gasteiger partial charge in [-0.2, -0.15) is 0 Å². The van der Waals surface area contributed by atoms with Crippen molar-refractivity contribution in [3.05, 3.63) is 84.9 Å². The molecule has 2 aromatic heterocycles. The number of hydrogen-bond acceptors (Lipinski definition) is 3. The van der Waals surface area contributed by atoms with Crippen molar-refractivity contribution >= 4 is 44.8 Å². The largest absolute Gasteiger partial charge is 0.287 e. The van der Waals surface area contributed by atoms with E-state index in [1.807, 2.05) is 56.3 Å². The van der Waals surface area contributed by atoms with Gasteiger partial charge in [-0.05, 0) is 43.2 Å². The van der Waals surface area contributed by atoms with Gasteiger partial charge in [-0.15, -0.1) is 11.3 Å². The van der Waals surface area contributed by atoms with E-state index < -0.39 is 0 Å². The highest BCUT2D eigenvalue weighted by atomic mass is 35.5. The molecule has 2 aromatic carbocycles. The van der Waals surface area contributed by atoms with Crippen molar-refractivity contribution in [3.8, 4) is 11.4 Å². The molecule has 4 rings (SSSR count). The minimum atomic E-state index is -0.0725. The van der Waals surface area contributed by atoms with Crippen LogP contribution in [0.2, 0.25) is 10.0 Å². The Kier molecular flexibility index (Phi) is 4.81. The maximum absolute atomic E-state index is 13.4.